The molecule has 0 fully saturated rings. The van der Waals surface area contributed by atoms with Crippen molar-refractivity contribution >= 4 is 29.3 Å². The van der Waals surface area contributed by atoms with Crippen LogP contribution in [0.4, 0.5) is 5.69 Å². The van der Waals surface area contributed by atoms with E-state index in [0.717, 1.165) is 16.8 Å². The van der Waals surface area contributed by atoms with Crippen LogP contribution >= 0.6 is 11.8 Å². The zero-order valence-electron chi connectivity index (χ0n) is 12.9. The first-order valence-corrected chi connectivity index (χ1v) is 8.48. The molecule has 0 radical (unpaired) electrons. The molecule has 1 atom stereocenters. The highest BCUT2D eigenvalue weighted by Gasteiger charge is 2.35. The van der Waals surface area contributed by atoms with Crippen LogP contribution < -0.4 is 4.90 Å². The normalized spacial score (nSPS) is 16.1. The predicted octanol–water partition coefficient (Wildman–Crippen LogP) is 3.51. The number of fused-ring (bicyclic) bond motifs is 1. The van der Waals surface area contributed by atoms with E-state index >= 15 is 0 Å². The molecule has 1 heterocycles. The third-order valence-electron chi connectivity index (χ3n) is 4.37. The number of thioether (sulfide) groups is 1. The molecule has 2 aromatic carbocycles. The minimum absolute atomic E-state index is 0.0146. The van der Waals surface area contributed by atoms with E-state index in [0.29, 0.717) is 12.1 Å². The number of rotatable bonds is 4. The van der Waals surface area contributed by atoms with E-state index in [4.69, 9.17) is 0 Å². The standard InChI is InChI=1S/C18H17NO3S/c1-18(23-2,17(21)22)13-7-9-14(10-8-13)19-11-12-5-3-4-6-15(12)16(19)20/h3-10H,11H2,1-2H3,(H,21,22). The average molecular weight is 327 g/mol. The zero-order valence-corrected chi connectivity index (χ0v) is 13.8. The second-order valence-electron chi connectivity index (χ2n) is 5.64. The first kappa shape index (κ1) is 15.6. The lowest BCUT2D eigenvalue weighted by atomic mass is 10.00. The minimum Gasteiger partial charge on any atom is -0.480 e. The lowest BCUT2D eigenvalue weighted by Gasteiger charge is -2.24. The maximum atomic E-state index is 12.5. The Morgan fingerprint density at radius 2 is 1.83 bits per heavy atom. The number of benzene rings is 2. The van der Waals surface area contributed by atoms with Gasteiger partial charge in [-0.05, 0) is 42.5 Å². The van der Waals surface area contributed by atoms with Crippen LogP contribution in [0.2, 0.25) is 0 Å². The molecular formula is C18H17NO3S. The van der Waals surface area contributed by atoms with Crippen molar-refractivity contribution in [1.82, 2.24) is 0 Å². The van der Waals surface area contributed by atoms with Gasteiger partial charge in [0.15, 0.2) is 0 Å². The molecule has 0 bridgehead atoms. The fraction of sp³-hybridized carbons (Fsp3) is 0.222. The van der Waals surface area contributed by atoms with Crippen molar-refractivity contribution in [2.45, 2.75) is 18.2 Å². The van der Waals surface area contributed by atoms with Crippen molar-refractivity contribution in [3.63, 3.8) is 0 Å². The predicted molar refractivity (Wildman–Crippen MR) is 91.9 cm³/mol. The van der Waals surface area contributed by atoms with E-state index in [1.54, 1.807) is 30.2 Å². The van der Waals surface area contributed by atoms with Crippen LogP contribution in [0, 0.1) is 0 Å². The van der Waals surface area contributed by atoms with Gasteiger partial charge in [0.2, 0.25) is 0 Å². The smallest absolute Gasteiger partial charge is 0.324 e. The minimum atomic E-state index is -0.990. The van der Waals surface area contributed by atoms with Gasteiger partial charge in [0, 0.05) is 11.3 Å². The Bertz CT molecular complexity index is 772. The van der Waals surface area contributed by atoms with Crippen LogP contribution in [0.3, 0.4) is 0 Å². The molecule has 0 aromatic heterocycles. The number of amides is 1. The summed E-state index contributed by atoms with van der Waals surface area (Å²) in [5, 5.41) is 9.44. The molecule has 23 heavy (non-hydrogen) atoms. The highest BCUT2D eigenvalue weighted by atomic mass is 32.2. The molecule has 1 aliphatic heterocycles. The highest BCUT2D eigenvalue weighted by molar-refractivity contribution is 8.00. The highest BCUT2D eigenvalue weighted by Crippen LogP contribution is 2.36. The van der Waals surface area contributed by atoms with Crippen LogP contribution in [0.1, 0.15) is 28.4 Å². The van der Waals surface area contributed by atoms with E-state index in [9.17, 15) is 14.7 Å². The van der Waals surface area contributed by atoms with Crippen molar-refractivity contribution in [2.75, 3.05) is 11.2 Å². The topological polar surface area (TPSA) is 57.6 Å². The van der Waals surface area contributed by atoms with Gasteiger partial charge >= 0.3 is 5.97 Å². The molecule has 1 aliphatic rings. The van der Waals surface area contributed by atoms with Gasteiger partial charge in [-0.25, -0.2) is 0 Å². The van der Waals surface area contributed by atoms with E-state index in [-0.39, 0.29) is 5.91 Å². The fourth-order valence-corrected chi connectivity index (χ4v) is 3.30. The quantitative estimate of drug-likeness (QED) is 0.933. The molecule has 118 valence electrons. The van der Waals surface area contributed by atoms with Crippen molar-refractivity contribution in [2.24, 2.45) is 0 Å². The Morgan fingerprint density at radius 3 is 2.39 bits per heavy atom. The van der Waals surface area contributed by atoms with E-state index in [1.165, 1.54) is 11.8 Å². The van der Waals surface area contributed by atoms with Crippen molar-refractivity contribution in [3.05, 3.63) is 65.2 Å². The molecule has 1 amide bonds. The molecule has 5 heteroatoms. The summed E-state index contributed by atoms with van der Waals surface area (Å²) in [7, 11) is 0. The first-order chi connectivity index (χ1) is 11.0. The summed E-state index contributed by atoms with van der Waals surface area (Å²) in [6.45, 7) is 2.24. The van der Waals surface area contributed by atoms with Gasteiger partial charge in [-0.1, -0.05) is 30.3 Å². The van der Waals surface area contributed by atoms with E-state index in [1.807, 2.05) is 36.4 Å². The lowest BCUT2D eigenvalue weighted by molar-refractivity contribution is -0.139. The number of carboxylic acids is 1. The van der Waals surface area contributed by atoms with Crippen molar-refractivity contribution in [1.29, 1.82) is 0 Å². The van der Waals surface area contributed by atoms with Crippen LogP contribution in [-0.2, 0) is 16.1 Å². The number of carbonyl (C=O) groups excluding carboxylic acids is 1. The third kappa shape index (κ3) is 2.51. The van der Waals surface area contributed by atoms with Gasteiger partial charge < -0.3 is 10.0 Å². The number of anilines is 1. The SMILES string of the molecule is CSC(C)(C(=O)O)c1ccc(N2Cc3ccccc3C2=O)cc1. The Hall–Kier alpha value is -2.27. The summed E-state index contributed by atoms with van der Waals surface area (Å²) in [4.78, 5) is 25.7. The van der Waals surface area contributed by atoms with Crippen molar-refractivity contribution in [3.8, 4) is 0 Å². The molecule has 0 spiro atoms. The first-order valence-electron chi connectivity index (χ1n) is 7.26. The Labute approximate surface area is 139 Å². The molecule has 0 aliphatic carbocycles. The Balaban J connectivity index is 1.90. The van der Waals surface area contributed by atoms with Crippen LogP contribution in [0.5, 0.6) is 0 Å². The van der Waals surface area contributed by atoms with Gasteiger partial charge in [0.05, 0.1) is 6.54 Å². The largest absolute Gasteiger partial charge is 0.480 e. The van der Waals surface area contributed by atoms with E-state index < -0.39 is 10.7 Å². The monoisotopic (exact) mass is 327 g/mol. The number of hydrogen-bond donors (Lipinski definition) is 1. The van der Waals surface area contributed by atoms with Gasteiger partial charge in [0.1, 0.15) is 4.75 Å². The molecule has 3 rings (SSSR count). The number of aliphatic carboxylic acids is 1. The zero-order chi connectivity index (χ0) is 16.6. The Kier molecular flexibility index (Phi) is 3.90. The number of nitrogens with zero attached hydrogens (tertiary/aromatic N) is 1. The molecular weight excluding hydrogens is 310 g/mol. The summed E-state index contributed by atoms with van der Waals surface area (Å²) >= 11 is 1.28. The number of carboxylic acid groups (broad SMARTS) is 1. The summed E-state index contributed by atoms with van der Waals surface area (Å²) in [6.07, 6.45) is 1.78. The molecule has 1 unspecified atom stereocenters. The fourth-order valence-electron chi connectivity index (χ4n) is 2.75. The van der Waals surface area contributed by atoms with Gasteiger partial charge in [0.25, 0.3) is 5.91 Å². The number of hydrogen-bond acceptors (Lipinski definition) is 3. The van der Waals surface area contributed by atoms with Crippen molar-refractivity contribution < 1.29 is 14.7 Å². The second-order valence-corrected chi connectivity index (χ2v) is 6.86. The van der Waals surface area contributed by atoms with Gasteiger partial charge in [-0.2, -0.15) is 0 Å². The summed E-state index contributed by atoms with van der Waals surface area (Å²) in [5.41, 5.74) is 3.24. The molecule has 0 saturated carbocycles. The summed E-state index contributed by atoms with van der Waals surface area (Å²) in [6, 6.07) is 14.8. The van der Waals surface area contributed by atoms with Crippen LogP contribution in [0.15, 0.2) is 48.5 Å². The summed E-state index contributed by atoms with van der Waals surface area (Å²) in [5.74, 6) is -0.887. The molecule has 2 aromatic rings. The van der Waals surface area contributed by atoms with E-state index in [2.05, 4.69) is 0 Å². The maximum absolute atomic E-state index is 12.5. The van der Waals surface area contributed by atoms with Crippen LogP contribution in [0.25, 0.3) is 0 Å². The molecule has 0 saturated heterocycles. The number of carbonyl (C=O) groups is 2. The molecule has 1 N–H and O–H groups in total. The average Bonchev–Trinajstić information content (AvgIpc) is 2.91. The van der Waals surface area contributed by atoms with Crippen LogP contribution in [-0.4, -0.2) is 23.2 Å². The third-order valence-corrected chi connectivity index (χ3v) is 5.59. The van der Waals surface area contributed by atoms with Gasteiger partial charge in [-0.15, -0.1) is 11.8 Å². The second kappa shape index (κ2) is 5.74. The molecule has 4 nitrogen and oxygen atoms in total. The Morgan fingerprint density at radius 1 is 1.17 bits per heavy atom. The maximum Gasteiger partial charge on any atom is 0.324 e. The van der Waals surface area contributed by atoms with Gasteiger partial charge in [-0.3, -0.25) is 9.59 Å². The lowest BCUT2D eigenvalue weighted by Crippen LogP contribution is -2.28. The summed E-state index contributed by atoms with van der Waals surface area (Å²) < 4.78 is -0.990.